The van der Waals surface area contributed by atoms with E-state index in [0.717, 1.165) is 51.9 Å². The van der Waals surface area contributed by atoms with Gasteiger partial charge in [0.05, 0.1) is 32.0 Å². The molecule has 2 fully saturated rings. The summed E-state index contributed by atoms with van der Waals surface area (Å²) in [5.41, 5.74) is 0. The van der Waals surface area contributed by atoms with Crippen LogP contribution in [0.2, 0.25) is 0 Å². The highest BCUT2D eigenvalue weighted by Gasteiger charge is 2.51. The van der Waals surface area contributed by atoms with Gasteiger partial charge in [0.15, 0.2) is 12.6 Å². The number of aliphatic hydroxyl groups excluding tert-OH is 9. The summed E-state index contributed by atoms with van der Waals surface area (Å²) in [6, 6.07) is -2.67. The molecule has 0 saturated carbocycles. The molecule has 0 radical (unpaired) electrons. The van der Waals surface area contributed by atoms with Crippen molar-refractivity contribution >= 4 is 11.8 Å². The first-order valence-corrected chi connectivity index (χ1v) is 30.9. The molecule has 2 amide bonds. The third-order valence-electron chi connectivity index (χ3n) is 15.7. The Kier molecular flexibility index (Phi) is 41.8. The zero-order valence-electron chi connectivity index (χ0n) is 47.8. The quantitative estimate of drug-likeness (QED) is 0.0259. The van der Waals surface area contributed by atoms with Gasteiger partial charge in [0.2, 0.25) is 11.8 Å². The molecule has 0 aromatic carbocycles. The SMILES string of the molecule is CCCCCCCCCCCCCCCCCCCCCCC(O)C(=O)NC(COC1OC(CO)C(OC2OC(CO)C(O)C(O)C2NC(C)=O)C(O)C1O)C(O)C(O)CCCCCCCCCCCCCCCCC. The maximum absolute atomic E-state index is 13.4. The summed E-state index contributed by atoms with van der Waals surface area (Å²) in [6.45, 7) is 3.61. The van der Waals surface area contributed by atoms with Gasteiger partial charge >= 0.3 is 0 Å². The first-order chi connectivity index (χ1) is 36.8. The lowest BCUT2D eigenvalue weighted by atomic mass is 9.95. The Morgan fingerprint density at radius 1 is 0.487 bits per heavy atom. The van der Waals surface area contributed by atoms with E-state index in [1.54, 1.807) is 0 Å². The van der Waals surface area contributed by atoms with Crippen molar-refractivity contribution in [3.05, 3.63) is 0 Å². The first-order valence-electron chi connectivity index (χ1n) is 30.9. The van der Waals surface area contributed by atoms with Crippen molar-refractivity contribution in [3.63, 3.8) is 0 Å². The first kappa shape index (κ1) is 70.5. The fourth-order valence-corrected chi connectivity index (χ4v) is 10.7. The molecule has 0 aliphatic carbocycles. The van der Waals surface area contributed by atoms with Gasteiger partial charge in [0.25, 0.3) is 0 Å². The Labute approximate surface area is 459 Å². The number of nitrogens with one attached hydrogen (secondary N) is 2. The molecule has 2 aliphatic rings. The molecule has 450 valence electrons. The lowest BCUT2D eigenvalue weighted by Crippen LogP contribution is -2.67. The molecule has 0 spiro atoms. The number of hydrogen-bond acceptors (Lipinski definition) is 15. The Bertz CT molecular complexity index is 1390. The molecule has 17 nitrogen and oxygen atoms in total. The summed E-state index contributed by atoms with van der Waals surface area (Å²) in [5.74, 6) is -1.37. The minimum Gasteiger partial charge on any atom is -0.394 e. The molecule has 76 heavy (non-hydrogen) atoms. The predicted octanol–water partition coefficient (Wildman–Crippen LogP) is 7.81. The number of carbonyl (C=O) groups is 2. The standard InChI is InChI=1S/C59H114N2O15/c1-4-6-8-10-12-14-16-18-20-21-22-23-24-26-28-30-32-34-36-38-40-47(66)57(72)61-45(51(67)46(65)39-37-35-33-31-29-27-25-19-17-15-13-11-9-7-5-2)43-73-59-55(71)54(70)56(49(42-63)75-59)76-58-50(60-44(3)64)53(69)52(68)48(41-62)74-58/h45-56,58-59,62-63,65-71H,4-43H2,1-3H3,(H,60,64)(H,61,72). The predicted molar refractivity (Wildman–Crippen MR) is 296 cm³/mol. The Morgan fingerprint density at radius 2 is 0.868 bits per heavy atom. The normalized spacial score (nSPS) is 25.5. The van der Waals surface area contributed by atoms with E-state index in [4.69, 9.17) is 18.9 Å². The fourth-order valence-electron chi connectivity index (χ4n) is 10.7. The topological polar surface area (TPSA) is 277 Å². The average molecular weight is 1090 g/mol. The van der Waals surface area contributed by atoms with Gasteiger partial charge in [0, 0.05) is 6.92 Å². The molecule has 14 atom stereocenters. The Balaban J connectivity index is 1.88. The van der Waals surface area contributed by atoms with E-state index in [9.17, 15) is 55.5 Å². The van der Waals surface area contributed by atoms with Crippen molar-refractivity contribution in [1.82, 2.24) is 10.6 Å². The van der Waals surface area contributed by atoms with E-state index in [2.05, 4.69) is 24.5 Å². The lowest BCUT2D eigenvalue weighted by molar-refractivity contribution is -0.347. The number of carbonyl (C=O) groups excluding carboxylic acids is 2. The zero-order chi connectivity index (χ0) is 55.8. The molecule has 0 bridgehead atoms. The van der Waals surface area contributed by atoms with Crippen LogP contribution in [0.25, 0.3) is 0 Å². The van der Waals surface area contributed by atoms with Gasteiger partial charge in [-0.3, -0.25) is 9.59 Å². The Morgan fingerprint density at radius 3 is 1.26 bits per heavy atom. The second-order valence-electron chi connectivity index (χ2n) is 22.5. The molecule has 2 rings (SSSR count). The molecule has 0 aromatic heterocycles. The molecular weight excluding hydrogens is 977 g/mol. The highest BCUT2D eigenvalue weighted by atomic mass is 16.7. The number of hydrogen-bond donors (Lipinski definition) is 11. The van der Waals surface area contributed by atoms with Crippen LogP contribution < -0.4 is 10.6 Å². The van der Waals surface area contributed by atoms with Crippen molar-refractivity contribution in [3.8, 4) is 0 Å². The number of aliphatic hydroxyl groups is 9. The Hall–Kier alpha value is -1.58. The van der Waals surface area contributed by atoms with Gasteiger partial charge in [-0.2, -0.15) is 0 Å². The molecular formula is C59H114N2O15. The number of rotatable bonds is 49. The van der Waals surface area contributed by atoms with Crippen LogP contribution in [-0.2, 0) is 28.5 Å². The maximum atomic E-state index is 13.4. The van der Waals surface area contributed by atoms with Crippen molar-refractivity contribution in [1.29, 1.82) is 0 Å². The van der Waals surface area contributed by atoms with Crippen LogP contribution in [0, 0.1) is 0 Å². The fraction of sp³-hybridized carbons (Fsp3) is 0.966. The van der Waals surface area contributed by atoms with Crippen LogP contribution >= 0.6 is 0 Å². The van der Waals surface area contributed by atoms with E-state index in [-0.39, 0.29) is 12.8 Å². The monoisotopic (exact) mass is 1090 g/mol. The molecule has 2 saturated heterocycles. The highest BCUT2D eigenvalue weighted by Crippen LogP contribution is 2.30. The number of unbranched alkanes of at least 4 members (excludes halogenated alkanes) is 33. The van der Waals surface area contributed by atoms with E-state index in [1.165, 1.54) is 167 Å². The smallest absolute Gasteiger partial charge is 0.249 e. The molecule has 11 N–H and O–H groups in total. The third-order valence-corrected chi connectivity index (χ3v) is 15.7. The molecule has 14 unspecified atom stereocenters. The minimum absolute atomic E-state index is 0.203. The molecule has 17 heteroatoms. The summed E-state index contributed by atoms with van der Waals surface area (Å²) in [5, 5.41) is 102. The van der Waals surface area contributed by atoms with Crippen LogP contribution in [0.1, 0.15) is 258 Å². The van der Waals surface area contributed by atoms with Gasteiger partial charge < -0.3 is 75.5 Å². The lowest BCUT2D eigenvalue weighted by Gasteiger charge is -2.47. The van der Waals surface area contributed by atoms with Crippen molar-refractivity contribution < 1.29 is 74.5 Å². The van der Waals surface area contributed by atoms with Gasteiger partial charge in [-0.25, -0.2) is 0 Å². The third kappa shape index (κ3) is 30.3. The van der Waals surface area contributed by atoms with Gasteiger partial charge in [0.1, 0.15) is 61.0 Å². The van der Waals surface area contributed by atoms with Crippen LogP contribution in [0.5, 0.6) is 0 Å². The molecule has 2 aliphatic heterocycles. The van der Waals surface area contributed by atoms with Crippen molar-refractivity contribution in [2.75, 3.05) is 19.8 Å². The van der Waals surface area contributed by atoms with E-state index >= 15 is 0 Å². The summed E-state index contributed by atoms with van der Waals surface area (Å²) in [6.07, 6.45) is 24.3. The van der Waals surface area contributed by atoms with E-state index in [1.807, 2.05) is 0 Å². The zero-order valence-corrected chi connectivity index (χ0v) is 47.8. The van der Waals surface area contributed by atoms with Gasteiger partial charge in [-0.15, -0.1) is 0 Å². The summed E-state index contributed by atoms with van der Waals surface area (Å²) in [4.78, 5) is 25.4. The minimum atomic E-state index is -1.86. The second kappa shape index (κ2) is 45.1. The number of amides is 2. The van der Waals surface area contributed by atoms with E-state index < -0.39 is 117 Å². The van der Waals surface area contributed by atoms with Crippen LogP contribution in [-0.4, -0.2) is 163 Å². The van der Waals surface area contributed by atoms with Crippen LogP contribution in [0.15, 0.2) is 0 Å². The largest absolute Gasteiger partial charge is 0.394 e. The summed E-state index contributed by atoms with van der Waals surface area (Å²) < 4.78 is 23.2. The van der Waals surface area contributed by atoms with Crippen molar-refractivity contribution in [2.24, 2.45) is 0 Å². The van der Waals surface area contributed by atoms with Gasteiger partial charge in [-0.05, 0) is 12.8 Å². The summed E-state index contributed by atoms with van der Waals surface area (Å²) in [7, 11) is 0. The summed E-state index contributed by atoms with van der Waals surface area (Å²) >= 11 is 0. The maximum Gasteiger partial charge on any atom is 0.249 e. The van der Waals surface area contributed by atoms with Crippen LogP contribution in [0.3, 0.4) is 0 Å². The average Bonchev–Trinajstić information content (AvgIpc) is 3.41. The van der Waals surface area contributed by atoms with Crippen molar-refractivity contribution in [2.45, 2.75) is 344 Å². The second-order valence-corrected chi connectivity index (χ2v) is 22.5. The van der Waals surface area contributed by atoms with E-state index in [0.29, 0.717) is 12.8 Å². The highest BCUT2D eigenvalue weighted by molar-refractivity contribution is 5.80. The molecule has 0 aromatic rings. The van der Waals surface area contributed by atoms with Crippen LogP contribution in [0.4, 0.5) is 0 Å². The number of ether oxygens (including phenoxy) is 4. The van der Waals surface area contributed by atoms with Gasteiger partial charge in [-0.1, -0.05) is 239 Å². The molecule has 2 heterocycles.